The summed E-state index contributed by atoms with van der Waals surface area (Å²) in [6, 6.07) is 21.0. The monoisotopic (exact) mass is 500 g/mol. The van der Waals surface area contributed by atoms with E-state index in [1.54, 1.807) is 42.5 Å². The van der Waals surface area contributed by atoms with E-state index in [4.69, 9.17) is 9.84 Å². The van der Waals surface area contributed by atoms with Gasteiger partial charge in [0.15, 0.2) is 5.78 Å². The predicted octanol–water partition coefficient (Wildman–Crippen LogP) is 4.76. The topological polar surface area (TPSA) is 135 Å². The van der Waals surface area contributed by atoms with E-state index in [0.717, 1.165) is 5.56 Å². The van der Waals surface area contributed by atoms with Gasteiger partial charge < -0.3 is 24.8 Å². The third kappa shape index (κ3) is 5.51. The highest BCUT2D eigenvalue weighted by Gasteiger charge is 2.27. The first kappa shape index (κ1) is 25.2. The minimum Gasteiger partial charge on any atom is -0.489 e. The molecule has 0 unspecified atom stereocenters. The van der Waals surface area contributed by atoms with Crippen molar-refractivity contribution in [1.29, 1.82) is 0 Å². The third-order valence-electron chi connectivity index (χ3n) is 5.87. The number of hydrogen-bond acceptors (Lipinski definition) is 5. The molecule has 0 bridgehead atoms. The van der Waals surface area contributed by atoms with Gasteiger partial charge in [-0.25, -0.2) is 4.79 Å². The van der Waals surface area contributed by atoms with E-state index in [2.05, 4.69) is 5.32 Å². The summed E-state index contributed by atoms with van der Waals surface area (Å²) in [7, 11) is 1.48. The van der Waals surface area contributed by atoms with Crippen molar-refractivity contribution in [3.8, 4) is 5.75 Å². The molecule has 0 aliphatic heterocycles. The molecule has 0 aliphatic rings. The molecule has 4 aromatic rings. The molecule has 0 saturated heterocycles. The Morgan fingerprint density at radius 3 is 2.22 bits per heavy atom. The molecule has 188 valence electrons. The number of aliphatic carboxylic acids is 1. The number of benzene rings is 3. The van der Waals surface area contributed by atoms with Crippen LogP contribution < -0.4 is 10.1 Å². The molecule has 0 fully saturated rings. The summed E-state index contributed by atoms with van der Waals surface area (Å²) in [6.45, 7) is 0.390. The van der Waals surface area contributed by atoms with Crippen LogP contribution in [0.2, 0.25) is 0 Å². The Morgan fingerprint density at radius 2 is 1.57 bits per heavy atom. The standard InChI is InChI=1S/C28H24N2O7/c1-30-25-20(24(26(30)28(35)36)22(31)14-15-23(32)33)8-5-9-21(25)29-27(34)18-10-12-19(13-11-18)37-16-17-6-3-2-4-7-17/h2-13H,14-16H2,1H3,(H,29,34)(H,32,33)(H,35,36). The van der Waals surface area contributed by atoms with Crippen LogP contribution in [0.3, 0.4) is 0 Å². The molecule has 9 nitrogen and oxygen atoms in total. The van der Waals surface area contributed by atoms with Crippen LogP contribution in [-0.4, -0.2) is 38.4 Å². The summed E-state index contributed by atoms with van der Waals surface area (Å²) in [5.74, 6) is -2.92. The number of ketones is 1. The Morgan fingerprint density at radius 1 is 0.865 bits per heavy atom. The largest absolute Gasteiger partial charge is 0.489 e. The molecule has 37 heavy (non-hydrogen) atoms. The summed E-state index contributed by atoms with van der Waals surface area (Å²) in [6.07, 6.45) is -0.764. The number of ether oxygens (including phenoxy) is 1. The van der Waals surface area contributed by atoms with Crippen LogP contribution in [-0.2, 0) is 18.4 Å². The Labute approximate surface area is 211 Å². The number of hydrogen-bond donors (Lipinski definition) is 3. The fraction of sp³-hybridized carbons (Fsp3) is 0.143. The minimum atomic E-state index is -1.33. The average molecular weight is 501 g/mol. The number of carboxylic acid groups (broad SMARTS) is 2. The van der Waals surface area contributed by atoms with Crippen LogP contribution in [0, 0.1) is 0 Å². The zero-order valence-corrected chi connectivity index (χ0v) is 19.9. The lowest BCUT2D eigenvalue weighted by molar-refractivity contribution is -0.136. The molecule has 1 heterocycles. The van der Waals surface area contributed by atoms with Gasteiger partial charge in [0.25, 0.3) is 5.91 Å². The smallest absolute Gasteiger partial charge is 0.353 e. The number of aryl methyl sites for hydroxylation is 1. The fourth-order valence-corrected chi connectivity index (χ4v) is 4.13. The number of anilines is 1. The van der Waals surface area contributed by atoms with Gasteiger partial charge in [0.05, 0.1) is 23.2 Å². The first-order chi connectivity index (χ1) is 17.8. The summed E-state index contributed by atoms with van der Waals surface area (Å²) in [4.78, 5) is 48.7. The number of fused-ring (bicyclic) bond motifs is 1. The van der Waals surface area contributed by atoms with E-state index >= 15 is 0 Å². The number of para-hydroxylation sites is 1. The van der Waals surface area contributed by atoms with Gasteiger partial charge in [-0.05, 0) is 35.9 Å². The first-order valence-electron chi connectivity index (χ1n) is 11.4. The molecule has 1 amide bonds. The van der Waals surface area contributed by atoms with E-state index in [1.165, 1.54) is 11.6 Å². The quantitative estimate of drug-likeness (QED) is 0.267. The third-order valence-corrected chi connectivity index (χ3v) is 5.87. The number of carbonyl (C=O) groups excluding carboxylic acids is 2. The molecular formula is C28H24N2O7. The van der Waals surface area contributed by atoms with Crippen molar-refractivity contribution in [3.63, 3.8) is 0 Å². The predicted molar refractivity (Wildman–Crippen MR) is 136 cm³/mol. The van der Waals surface area contributed by atoms with E-state index in [9.17, 15) is 24.3 Å². The number of aromatic carboxylic acids is 1. The summed E-state index contributed by atoms with van der Waals surface area (Å²) in [5, 5.41) is 21.8. The van der Waals surface area contributed by atoms with E-state index in [0.29, 0.717) is 34.5 Å². The average Bonchev–Trinajstić information content (AvgIpc) is 3.20. The van der Waals surface area contributed by atoms with Crippen LogP contribution in [0.15, 0.2) is 72.8 Å². The van der Waals surface area contributed by atoms with E-state index in [1.807, 2.05) is 30.3 Å². The molecule has 3 aromatic carbocycles. The minimum absolute atomic E-state index is 0.0812. The summed E-state index contributed by atoms with van der Waals surface area (Å²) in [5.41, 5.74) is 1.68. The number of rotatable bonds is 10. The second kappa shape index (κ2) is 10.8. The van der Waals surface area contributed by atoms with Gasteiger partial charge in [-0.2, -0.15) is 0 Å². The number of amides is 1. The fourth-order valence-electron chi connectivity index (χ4n) is 4.13. The van der Waals surface area contributed by atoms with Gasteiger partial charge in [0, 0.05) is 24.4 Å². The van der Waals surface area contributed by atoms with Crippen molar-refractivity contribution in [2.24, 2.45) is 7.05 Å². The number of Topliss-reactive ketones (excluding diaryl/α,β-unsaturated/α-hetero) is 1. The molecular weight excluding hydrogens is 476 g/mol. The number of carbonyl (C=O) groups is 4. The summed E-state index contributed by atoms with van der Waals surface area (Å²) >= 11 is 0. The van der Waals surface area contributed by atoms with Crippen LogP contribution in [0.4, 0.5) is 5.69 Å². The molecule has 0 atom stereocenters. The highest BCUT2D eigenvalue weighted by molar-refractivity contribution is 6.19. The van der Waals surface area contributed by atoms with Crippen molar-refractivity contribution in [3.05, 3.63) is 95.2 Å². The molecule has 0 radical (unpaired) electrons. The van der Waals surface area contributed by atoms with Gasteiger partial charge >= 0.3 is 11.9 Å². The van der Waals surface area contributed by atoms with Crippen molar-refractivity contribution >= 4 is 40.2 Å². The second-order valence-corrected chi connectivity index (χ2v) is 8.36. The van der Waals surface area contributed by atoms with Crippen molar-refractivity contribution in [2.45, 2.75) is 19.4 Å². The Bertz CT molecular complexity index is 1490. The number of aromatic nitrogens is 1. The molecule has 0 aliphatic carbocycles. The molecule has 4 rings (SSSR count). The maximum absolute atomic E-state index is 13.0. The number of carboxylic acids is 2. The normalized spacial score (nSPS) is 10.7. The van der Waals surface area contributed by atoms with E-state index < -0.39 is 30.0 Å². The van der Waals surface area contributed by atoms with Crippen molar-refractivity contribution in [2.75, 3.05) is 5.32 Å². The highest BCUT2D eigenvalue weighted by atomic mass is 16.5. The maximum Gasteiger partial charge on any atom is 0.353 e. The lowest BCUT2D eigenvalue weighted by atomic mass is 10.0. The number of nitrogens with one attached hydrogen (secondary N) is 1. The molecule has 9 heteroatoms. The van der Waals surface area contributed by atoms with Gasteiger partial charge in [0.2, 0.25) is 0 Å². The van der Waals surface area contributed by atoms with Crippen molar-refractivity contribution < 1.29 is 34.1 Å². The first-order valence-corrected chi connectivity index (χ1v) is 11.4. The lowest BCUT2D eigenvalue weighted by Crippen LogP contribution is -2.13. The van der Waals surface area contributed by atoms with Gasteiger partial charge in [-0.1, -0.05) is 42.5 Å². The summed E-state index contributed by atoms with van der Waals surface area (Å²) < 4.78 is 7.08. The second-order valence-electron chi connectivity index (χ2n) is 8.36. The van der Waals surface area contributed by atoms with Crippen LogP contribution in [0.25, 0.3) is 10.9 Å². The van der Waals surface area contributed by atoms with Crippen LogP contribution in [0.1, 0.15) is 49.6 Å². The SMILES string of the molecule is Cn1c(C(=O)O)c(C(=O)CCC(=O)O)c2cccc(NC(=O)c3ccc(OCc4ccccc4)cc3)c21. The Balaban J connectivity index is 1.58. The molecule has 1 aromatic heterocycles. The van der Waals surface area contributed by atoms with E-state index in [-0.39, 0.29) is 17.7 Å². The molecule has 0 spiro atoms. The van der Waals surface area contributed by atoms with Crippen LogP contribution in [0.5, 0.6) is 5.75 Å². The maximum atomic E-state index is 13.0. The number of nitrogens with zero attached hydrogens (tertiary/aromatic N) is 1. The van der Waals surface area contributed by atoms with Crippen LogP contribution >= 0.6 is 0 Å². The Hall–Kier alpha value is -4.92. The van der Waals surface area contributed by atoms with Crippen molar-refractivity contribution in [1.82, 2.24) is 4.57 Å². The zero-order valence-electron chi connectivity index (χ0n) is 19.9. The Kier molecular flexibility index (Phi) is 7.34. The lowest BCUT2D eigenvalue weighted by Gasteiger charge is -2.10. The zero-order chi connectivity index (χ0) is 26.5. The van der Waals surface area contributed by atoms with Gasteiger partial charge in [0.1, 0.15) is 18.1 Å². The molecule has 0 saturated carbocycles. The molecule has 3 N–H and O–H groups in total. The van der Waals surface area contributed by atoms with Gasteiger partial charge in [-0.15, -0.1) is 0 Å². The van der Waals surface area contributed by atoms with Gasteiger partial charge in [-0.3, -0.25) is 14.4 Å². The highest BCUT2D eigenvalue weighted by Crippen LogP contribution is 2.32.